The summed E-state index contributed by atoms with van der Waals surface area (Å²) in [6.07, 6.45) is 2.37. The molecule has 0 atom stereocenters. The Morgan fingerprint density at radius 2 is 2.08 bits per heavy atom. The molecule has 2 heteroatoms. The Morgan fingerprint density at radius 3 is 2.42 bits per heavy atom. The molecular weight excluding hydrogens is 152 g/mol. The second-order valence-corrected chi connectivity index (χ2v) is 3.42. The van der Waals surface area contributed by atoms with Crippen LogP contribution in [-0.2, 0) is 9.53 Å². The van der Waals surface area contributed by atoms with Crippen molar-refractivity contribution in [2.24, 2.45) is 0 Å². The normalized spacial score (nSPS) is 10.6. The summed E-state index contributed by atoms with van der Waals surface area (Å²) in [4.78, 5) is 11.1. The van der Waals surface area contributed by atoms with E-state index in [-0.39, 0.29) is 5.97 Å². The molecule has 0 spiro atoms. The fraction of sp³-hybridized carbons (Fsp3) is 0.500. The summed E-state index contributed by atoms with van der Waals surface area (Å²) in [5.74, 6) is -0.346. The Hall–Kier alpha value is -1.05. The van der Waals surface area contributed by atoms with Crippen molar-refractivity contribution >= 4 is 5.97 Å². The molecule has 0 aromatic rings. The third-order valence-corrected chi connectivity index (χ3v) is 1.35. The molecule has 0 fully saturated rings. The van der Waals surface area contributed by atoms with Crippen molar-refractivity contribution in [1.29, 1.82) is 0 Å². The highest BCUT2D eigenvalue weighted by atomic mass is 16.6. The first kappa shape index (κ1) is 11.0. The van der Waals surface area contributed by atoms with Crippen LogP contribution in [0.1, 0.15) is 27.2 Å². The minimum Gasteiger partial charge on any atom is -0.456 e. The predicted molar refractivity (Wildman–Crippen MR) is 49.8 cm³/mol. The lowest BCUT2D eigenvalue weighted by molar-refractivity contribution is -0.151. The Balaban J connectivity index is 4.14. The first-order valence-electron chi connectivity index (χ1n) is 3.89. The van der Waals surface area contributed by atoms with E-state index in [4.69, 9.17) is 4.74 Å². The van der Waals surface area contributed by atoms with E-state index in [1.165, 1.54) is 0 Å². The van der Waals surface area contributed by atoms with Gasteiger partial charge in [-0.1, -0.05) is 12.7 Å². The zero-order chi connectivity index (χ0) is 9.78. The molecule has 0 unspecified atom stereocenters. The van der Waals surface area contributed by atoms with E-state index in [2.05, 4.69) is 13.2 Å². The Bertz CT molecular complexity index is 202. The van der Waals surface area contributed by atoms with Crippen molar-refractivity contribution in [3.63, 3.8) is 0 Å². The SMILES string of the molecule is C=CCC(C)(C)OC(=O)C(=C)C. The molecule has 0 aliphatic rings. The van der Waals surface area contributed by atoms with Crippen LogP contribution in [0.4, 0.5) is 0 Å². The molecular formula is C10H16O2. The van der Waals surface area contributed by atoms with E-state index in [1.807, 2.05) is 13.8 Å². The van der Waals surface area contributed by atoms with Gasteiger partial charge in [0, 0.05) is 12.0 Å². The number of rotatable bonds is 4. The molecule has 0 amide bonds. The summed E-state index contributed by atoms with van der Waals surface area (Å²) in [7, 11) is 0. The first-order valence-corrected chi connectivity index (χ1v) is 3.89. The molecule has 0 aromatic carbocycles. The summed E-state index contributed by atoms with van der Waals surface area (Å²) in [6.45, 7) is 12.4. The second kappa shape index (κ2) is 4.10. The molecule has 0 saturated carbocycles. The molecule has 0 aliphatic carbocycles. The van der Waals surface area contributed by atoms with Crippen LogP contribution in [0.25, 0.3) is 0 Å². The molecule has 0 heterocycles. The predicted octanol–water partition coefficient (Wildman–Crippen LogP) is 2.46. The van der Waals surface area contributed by atoms with Gasteiger partial charge in [-0.05, 0) is 20.8 Å². The largest absolute Gasteiger partial charge is 0.456 e. The summed E-state index contributed by atoms with van der Waals surface area (Å²) in [5.41, 5.74) is -0.0511. The van der Waals surface area contributed by atoms with Gasteiger partial charge in [-0.15, -0.1) is 6.58 Å². The highest BCUT2D eigenvalue weighted by Gasteiger charge is 2.20. The second-order valence-electron chi connectivity index (χ2n) is 3.42. The molecule has 12 heavy (non-hydrogen) atoms. The van der Waals surface area contributed by atoms with Crippen molar-refractivity contribution in [2.45, 2.75) is 32.8 Å². The smallest absolute Gasteiger partial charge is 0.333 e. The Morgan fingerprint density at radius 1 is 1.58 bits per heavy atom. The Kier molecular flexibility index (Phi) is 3.74. The minimum atomic E-state index is -0.474. The van der Waals surface area contributed by atoms with Gasteiger partial charge in [0.25, 0.3) is 0 Å². The van der Waals surface area contributed by atoms with E-state index in [1.54, 1.807) is 13.0 Å². The van der Waals surface area contributed by atoms with Crippen LogP contribution in [0.5, 0.6) is 0 Å². The number of esters is 1. The summed E-state index contributed by atoms with van der Waals surface area (Å²) < 4.78 is 5.13. The van der Waals surface area contributed by atoms with Crippen LogP contribution in [-0.4, -0.2) is 11.6 Å². The first-order chi connectivity index (χ1) is 5.39. The van der Waals surface area contributed by atoms with Gasteiger partial charge in [-0.2, -0.15) is 0 Å². The third kappa shape index (κ3) is 3.96. The van der Waals surface area contributed by atoms with Gasteiger partial charge >= 0.3 is 5.97 Å². The van der Waals surface area contributed by atoms with Gasteiger partial charge in [0.05, 0.1) is 0 Å². The summed E-state index contributed by atoms with van der Waals surface area (Å²) in [5, 5.41) is 0. The molecule has 0 saturated heterocycles. The van der Waals surface area contributed by atoms with Crippen LogP contribution in [0.2, 0.25) is 0 Å². The molecule has 0 radical (unpaired) electrons. The van der Waals surface area contributed by atoms with Gasteiger partial charge in [-0.25, -0.2) is 4.79 Å². The molecule has 0 aromatic heterocycles. The quantitative estimate of drug-likeness (QED) is 0.366. The van der Waals surface area contributed by atoms with E-state index in [0.717, 1.165) is 0 Å². The zero-order valence-electron chi connectivity index (χ0n) is 8.02. The van der Waals surface area contributed by atoms with Crippen molar-refractivity contribution < 1.29 is 9.53 Å². The van der Waals surface area contributed by atoms with Crippen molar-refractivity contribution in [3.8, 4) is 0 Å². The molecule has 68 valence electrons. The van der Waals surface area contributed by atoms with Crippen LogP contribution >= 0.6 is 0 Å². The average Bonchev–Trinajstić information content (AvgIpc) is 1.85. The van der Waals surface area contributed by atoms with E-state index < -0.39 is 5.60 Å². The Labute approximate surface area is 73.9 Å². The van der Waals surface area contributed by atoms with E-state index >= 15 is 0 Å². The number of ether oxygens (including phenoxy) is 1. The lowest BCUT2D eigenvalue weighted by Gasteiger charge is -2.23. The molecule has 0 rings (SSSR count). The molecule has 0 aliphatic heterocycles. The van der Waals surface area contributed by atoms with Crippen molar-refractivity contribution in [3.05, 3.63) is 24.8 Å². The van der Waals surface area contributed by atoms with Gasteiger partial charge in [0.2, 0.25) is 0 Å². The topological polar surface area (TPSA) is 26.3 Å². The zero-order valence-corrected chi connectivity index (χ0v) is 8.02. The van der Waals surface area contributed by atoms with Gasteiger partial charge in [0.1, 0.15) is 5.60 Å². The lowest BCUT2D eigenvalue weighted by Crippen LogP contribution is -2.27. The molecule has 0 bridgehead atoms. The maximum Gasteiger partial charge on any atom is 0.333 e. The van der Waals surface area contributed by atoms with E-state index in [0.29, 0.717) is 12.0 Å². The molecule has 2 nitrogen and oxygen atoms in total. The number of hydrogen-bond acceptors (Lipinski definition) is 2. The summed E-state index contributed by atoms with van der Waals surface area (Å²) in [6, 6.07) is 0. The van der Waals surface area contributed by atoms with Crippen LogP contribution < -0.4 is 0 Å². The number of hydrogen-bond donors (Lipinski definition) is 0. The number of carbonyl (C=O) groups excluding carboxylic acids is 1. The fourth-order valence-corrected chi connectivity index (χ4v) is 0.727. The van der Waals surface area contributed by atoms with Crippen molar-refractivity contribution in [2.75, 3.05) is 0 Å². The standard InChI is InChI=1S/C10H16O2/c1-6-7-10(4,5)12-9(11)8(2)3/h6H,1-2,7H2,3-5H3. The van der Waals surface area contributed by atoms with Gasteiger partial charge < -0.3 is 4.74 Å². The van der Waals surface area contributed by atoms with E-state index in [9.17, 15) is 4.79 Å². The maximum absolute atomic E-state index is 11.1. The number of carbonyl (C=O) groups is 1. The van der Waals surface area contributed by atoms with Crippen molar-refractivity contribution in [1.82, 2.24) is 0 Å². The average molecular weight is 168 g/mol. The molecule has 0 N–H and O–H groups in total. The van der Waals surface area contributed by atoms with Gasteiger partial charge in [0.15, 0.2) is 0 Å². The van der Waals surface area contributed by atoms with Crippen LogP contribution in [0.15, 0.2) is 24.8 Å². The lowest BCUT2D eigenvalue weighted by atomic mass is 10.1. The van der Waals surface area contributed by atoms with Crippen LogP contribution in [0, 0.1) is 0 Å². The maximum atomic E-state index is 11.1. The highest BCUT2D eigenvalue weighted by molar-refractivity contribution is 5.87. The minimum absolute atomic E-state index is 0.346. The monoisotopic (exact) mass is 168 g/mol. The van der Waals surface area contributed by atoms with Gasteiger partial charge in [-0.3, -0.25) is 0 Å². The highest BCUT2D eigenvalue weighted by Crippen LogP contribution is 2.16. The van der Waals surface area contributed by atoms with Crippen LogP contribution in [0.3, 0.4) is 0 Å². The summed E-state index contributed by atoms with van der Waals surface area (Å²) >= 11 is 0. The fourth-order valence-electron chi connectivity index (χ4n) is 0.727. The third-order valence-electron chi connectivity index (χ3n) is 1.35.